The van der Waals surface area contributed by atoms with Gasteiger partial charge < -0.3 is 10.1 Å². The van der Waals surface area contributed by atoms with E-state index in [0.29, 0.717) is 39.4 Å². The van der Waals surface area contributed by atoms with Gasteiger partial charge in [0.05, 0.1) is 29.2 Å². The first-order chi connectivity index (χ1) is 22.5. The number of nitrogens with zero attached hydrogens (tertiary/aromatic N) is 2. The van der Waals surface area contributed by atoms with Gasteiger partial charge in [-0.1, -0.05) is 30.0 Å². The number of hydrogen-bond acceptors (Lipinski definition) is 7. The minimum atomic E-state index is -4.51. The standard InChI is InChI=1S/C36H26F3N3O3S2/c1-22(34(44)41-27-13-7-25(8-14-27)33(43)18-17-29-4-3-19-46-29)47-35-31(21-40)30(23-5-11-26(12-6-23)36(37,38)39)20-32(42-35)24-9-15-28(45-2)16-10-24/h3-20,22H,1-2H3,(H,41,44)/b18-17+/t22-/m1/s1. The maximum atomic E-state index is 13.3. The average molecular weight is 670 g/mol. The molecule has 0 unspecified atom stereocenters. The number of nitriles is 1. The van der Waals surface area contributed by atoms with Gasteiger partial charge in [0.15, 0.2) is 5.78 Å². The summed E-state index contributed by atoms with van der Waals surface area (Å²) in [5, 5.41) is 14.5. The summed E-state index contributed by atoms with van der Waals surface area (Å²) in [6, 6.07) is 25.7. The van der Waals surface area contributed by atoms with Crippen molar-refractivity contribution >= 4 is 46.6 Å². The number of benzene rings is 3. The molecule has 11 heteroatoms. The molecule has 2 aromatic heterocycles. The summed E-state index contributed by atoms with van der Waals surface area (Å²) in [5.41, 5.74) is 2.18. The van der Waals surface area contributed by atoms with Crippen molar-refractivity contribution in [3.63, 3.8) is 0 Å². The molecule has 2 heterocycles. The van der Waals surface area contributed by atoms with E-state index in [0.717, 1.165) is 28.8 Å². The van der Waals surface area contributed by atoms with Gasteiger partial charge in [0.2, 0.25) is 5.91 Å². The Labute approximate surface area is 277 Å². The fourth-order valence-corrected chi connectivity index (χ4v) is 6.06. The summed E-state index contributed by atoms with van der Waals surface area (Å²) >= 11 is 2.58. The second-order valence-corrected chi connectivity index (χ2v) is 12.5. The van der Waals surface area contributed by atoms with Crippen molar-refractivity contribution in [2.75, 3.05) is 12.4 Å². The van der Waals surface area contributed by atoms with Gasteiger partial charge in [-0.15, -0.1) is 11.3 Å². The number of carbonyl (C=O) groups excluding carboxylic acids is 2. The van der Waals surface area contributed by atoms with Gasteiger partial charge in [-0.2, -0.15) is 18.4 Å². The summed E-state index contributed by atoms with van der Waals surface area (Å²) in [6.45, 7) is 1.66. The third-order valence-electron chi connectivity index (χ3n) is 7.04. The third-order valence-corrected chi connectivity index (χ3v) is 8.97. The lowest BCUT2D eigenvalue weighted by Gasteiger charge is -2.16. The van der Waals surface area contributed by atoms with E-state index in [9.17, 15) is 28.0 Å². The van der Waals surface area contributed by atoms with Crippen LogP contribution in [0.1, 0.15) is 33.3 Å². The molecular formula is C36H26F3N3O3S2. The number of amides is 1. The Kier molecular flexibility index (Phi) is 10.2. The van der Waals surface area contributed by atoms with Crippen molar-refractivity contribution in [3.05, 3.63) is 124 Å². The highest BCUT2D eigenvalue weighted by molar-refractivity contribution is 8.00. The van der Waals surface area contributed by atoms with Gasteiger partial charge in [-0.3, -0.25) is 9.59 Å². The van der Waals surface area contributed by atoms with Crippen LogP contribution in [0.15, 0.2) is 107 Å². The highest BCUT2D eigenvalue weighted by atomic mass is 32.2. The zero-order valence-corrected chi connectivity index (χ0v) is 26.7. The molecule has 0 bridgehead atoms. The first kappa shape index (κ1) is 33.2. The van der Waals surface area contributed by atoms with Crippen molar-refractivity contribution in [3.8, 4) is 34.2 Å². The van der Waals surface area contributed by atoms with Crippen molar-refractivity contribution in [2.24, 2.45) is 0 Å². The zero-order valence-electron chi connectivity index (χ0n) is 25.0. The minimum Gasteiger partial charge on any atom is -0.497 e. The fourth-order valence-electron chi connectivity index (χ4n) is 4.51. The maximum absolute atomic E-state index is 13.3. The van der Waals surface area contributed by atoms with E-state index in [2.05, 4.69) is 11.4 Å². The Morgan fingerprint density at radius 2 is 1.68 bits per heavy atom. The SMILES string of the molecule is COc1ccc(-c2cc(-c3ccc(C(F)(F)F)cc3)c(C#N)c(S[C@H](C)C(=O)Nc3ccc(C(=O)/C=C/c4cccs4)cc3)n2)cc1. The number of nitrogens with one attached hydrogen (secondary N) is 1. The summed E-state index contributed by atoms with van der Waals surface area (Å²) in [5.74, 6) is 0.0803. The van der Waals surface area contributed by atoms with E-state index < -0.39 is 17.0 Å². The van der Waals surface area contributed by atoms with Crippen LogP contribution in [0.3, 0.4) is 0 Å². The maximum Gasteiger partial charge on any atom is 0.416 e. The largest absolute Gasteiger partial charge is 0.497 e. The zero-order chi connectivity index (χ0) is 33.6. The van der Waals surface area contributed by atoms with Crippen LogP contribution in [0.2, 0.25) is 0 Å². The molecule has 236 valence electrons. The number of hydrogen-bond donors (Lipinski definition) is 1. The van der Waals surface area contributed by atoms with Gasteiger partial charge in [-0.25, -0.2) is 4.98 Å². The molecule has 5 aromatic rings. The topological polar surface area (TPSA) is 92.1 Å². The van der Waals surface area contributed by atoms with Gasteiger partial charge in [0.25, 0.3) is 0 Å². The van der Waals surface area contributed by atoms with E-state index >= 15 is 0 Å². The predicted octanol–water partition coefficient (Wildman–Crippen LogP) is 9.39. The molecule has 0 fully saturated rings. The molecule has 0 saturated carbocycles. The number of thiophene rings is 1. The molecule has 5 rings (SSSR count). The Bertz CT molecular complexity index is 1950. The van der Waals surface area contributed by atoms with Gasteiger partial charge in [0, 0.05) is 27.3 Å². The van der Waals surface area contributed by atoms with Crippen LogP contribution in [0.5, 0.6) is 5.75 Å². The Morgan fingerprint density at radius 3 is 2.28 bits per heavy atom. The molecule has 0 aliphatic carbocycles. The molecule has 0 spiro atoms. The lowest BCUT2D eigenvalue weighted by atomic mass is 9.98. The predicted molar refractivity (Wildman–Crippen MR) is 179 cm³/mol. The van der Waals surface area contributed by atoms with Crippen molar-refractivity contribution in [1.29, 1.82) is 5.26 Å². The molecule has 1 N–H and O–H groups in total. The highest BCUT2D eigenvalue weighted by Gasteiger charge is 2.30. The van der Waals surface area contributed by atoms with E-state index in [-0.39, 0.29) is 22.3 Å². The first-order valence-electron chi connectivity index (χ1n) is 14.2. The van der Waals surface area contributed by atoms with E-state index in [1.165, 1.54) is 36.7 Å². The van der Waals surface area contributed by atoms with Crippen molar-refractivity contribution in [1.82, 2.24) is 4.98 Å². The number of ketones is 1. The Balaban J connectivity index is 1.40. The number of methoxy groups -OCH3 is 1. The molecule has 6 nitrogen and oxygen atoms in total. The van der Waals surface area contributed by atoms with Crippen LogP contribution < -0.4 is 10.1 Å². The summed E-state index contributed by atoms with van der Waals surface area (Å²) < 4.78 is 45.0. The molecule has 1 amide bonds. The number of pyridine rings is 1. The Morgan fingerprint density at radius 1 is 1.00 bits per heavy atom. The normalized spacial score (nSPS) is 12.0. The fraction of sp³-hybridized carbons (Fsp3) is 0.111. The number of carbonyl (C=O) groups is 2. The molecule has 1 atom stereocenters. The molecule has 3 aromatic carbocycles. The first-order valence-corrected chi connectivity index (χ1v) is 15.9. The summed E-state index contributed by atoms with van der Waals surface area (Å²) in [7, 11) is 1.54. The molecule has 0 saturated heterocycles. The number of halogens is 3. The lowest BCUT2D eigenvalue weighted by Crippen LogP contribution is -2.22. The number of ether oxygens (including phenoxy) is 1. The van der Waals surface area contributed by atoms with Gasteiger partial charge in [0.1, 0.15) is 16.8 Å². The van der Waals surface area contributed by atoms with E-state index in [4.69, 9.17) is 9.72 Å². The molecule has 0 aliphatic rings. The van der Waals surface area contributed by atoms with Gasteiger partial charge >= 0.3 is 6.18 Å². The van der Waals surface area contributed by atoms with Crippen LogP contribution in [0.25, 0.3) is 28.5 Å². The quantitative estimate of drug-likeness (QED) is 0.0905. The highest BCUT2D eigenvalue weighted by Crippen LogP contribution is 2.38. The summed E-state index contributed by atoms with van der Waals surface area (Å²) in [4.78, 5) is 31.4. The number of rotatable bonds is 10. The molecule has 0 aliphatic heterocycles. The van der Waals surface area contributed by atoms with Crippen molar-refractivity contribution < 1.29 is 27.5 Å². The number of allylic oxidation sites excluding steroid dienone is 1. The van der Waals surface area contributed by atoms with Crippen LogP contribution in [-0.2, 0) is 11.0 Å². The summed E-state index contributed by atoms with van der Waals surface area (Å²) in [6.07, 6.45) is -1.27. The minimum absolute atomic E-state index is 0.130. The van der Waals surface area contributed by atoms with Crippen LogP contribution in [0, 0.1) is 11.3 Å². The molecular weight excluding hydrogens is 644 g/mol. The van der Waals surface area contributed by atoms with Crippen LogP contribution >= 0.6 is 23.1 Å². The van der Waals surface area contributed by atoms with Crippen LogP contribution in [0.4, 0.5) is 18.9 Å². The lowest BCUT2D eigenvalue weighted by molar-refractivity contribution is -0.137. The van der Waals surface area contributed by atoms with E-state index in [1.54, 1.807) is 67.6 Å². The van der Waals surface area contributed by atoms with Crippen LogP contribution in [-0.4, -0.2) is 29.0 Å². The number of anilines is 1. The number of alkyl halides is 3. The van der Waals surface area contributed by atoms with E-state index in [1.807, 2.05) is 17.5 Å². The Hall–Kier alpha value is -5.18. The van der Waals surface area contributed by atoms with Gasteiger partial charge in [-0.05, 0) is 103 Å². The number of thioether (sulfide) groups is 1. The monoisotopic (exact) mass is 669 g/mol. The second kappa shape index (κ2) is 14.5. The van der Waals surface area contributed by atoms with Crippen molar-refractivity contribution in [2.45, 2.75) is 23.4 Å². The average Bonchev–Trinajstić information content (AvgIpc) is 3.61. The third kappa shape index (κ3) is 8.16. The molecule has 47 heavy (non-hydrogen) atoms. The molecule has 0 radical (unpaired) electrons. The smallest absolute Gasteiger partial charge is 0.416 e. The number of aromatic nitrogens is 1. The second-order valence-electron chi connectivity index (χ2n) is 10.2.